The number of hydrogen-bond acceptors (Lipinski definition) is 5. The first-order valence-corrected chi connectivity index (χ1v) is 11.4. The van der Waals surface area contributed by atoms with Crippen molar-refractivity contribution in [2.75, 3.05) is 14.2 Å². The van der Waals surface area contributed by atoms with Crippen molar-refractivity contribution in [2.24, 2.45) is 4.99 Å². The Morgan fingerprint density at radius 3 is 1.55 bits per heavy atom. The minimum Gasteiger partial charge on any atom is -0.497 e. The molecule has 0 aliphatic carbocycles. The van der Waals surface area contributed by atoms with Gasteiger partial charge in [0.15, 0.2) is 4.87 Å². The zero-order chi connectivity index (χ0) is 22.5. The van der Waals surface area contributed by atoms with Crippen molar-refractivity contribution in [2.45, 2.75) is 29.5 Å². The summed E-state index contributed by atoms with van der Waals surface area (Å²) in [6.07, 6.45) is 0.367. The monoisotopic (exact) mass is 437 g/mol. The van der Waals surface area contributed by atoms with Crippen LogP contribution in [-0.2, 0) is 22.7 Å². The molecule has 0 atom stereocenters. The fourth-order valence-corrected chi connectivity index (χ4v) is 5.33. The zero-order valence-electron chi connectivity index (χ0n) is 18.0. The van der Waals surface area contributed by atoms with Gasteiger partial charge in [0.25, 0.3) is 0 Å². The second-order valence-corrected chi connectivity index (χ2v) is 9.71. The molecule has 0 saturated carbocycles. The summed E-state index contributed by atoms with van der Waals surface area (Å²) in [5.74, 6) is 1.41. The van der Waals surface area contributed by atoms with Crippen LogP contribution in [0.3, 0.4) is 0 Å². The van der Waals surface area contributed by atoms with Crippen molar-refractivity contribution in [3.8, 4) is 11.5 Å². The number of benzene rings is 3. The number of ether oxygens (including phenoxy) is 2. The van der Waals surface area contributed by atoms with E-state index >= 15 is 0 Å². The van der Waals surface area contributed by atoms with Gasteiger partial charge >= 0.3 is 0 Å². The van der Waals surface area contributed by atoms with Crippen molar-refractivity contribution in [1.29, 1.82) is 0 Å². The minimum atomic E-state index is -3.85. The summed E-state index contributed by atoms with van der Waals surface area (Å²) in [5, 5.41) is 0. The van der Waals surface area contributed by atoms with Crippen LogP contribution >= 0.6 is 0 Å². The topological polar surface area (TPSA) is 65.0 Å². The quantitative estimate of drug-likeness (QED) is 0.457. The molecular formula is C25H27NO4S. The first-order valence-electron chi connectivity index (χ1n) is 9.88. The fraction of sp³-hybridized carbons (Fsp3) is 0.240. The predicted molar refractivity (Wildman–Crippen MR) is 124 cm³/mol. The molecule has 162 valence electrons. The van der Waals surface area contributed by atoms with Gasteiger partial charge in [-0.3, -0.25) is 4.99 Å². The number of nitrogens with zero attached hydrogens (tertiary/aromatic N) is 1. The van der Waals surface area contributed by atoms with Crippen molar-refractivity contribution < 1.29 is 17.9 Å². The average Bonchev–Trinajstić information content (AvgIpc) is 2.79. The number of rotatable bonds is 9. The average molecular weight is 438 g/mol. The molecule has 0 fully saturated rings. The van der Waals surface area contributed by atoms with Crippen molar-refractivity contribution in [3.05, 3.63) is 89.5 Å². The summed E-state index contributed by atoms with van der Waals surface area (Å²) < 4.78 is 38.2. The highest BCUT2D eigenvalue weighted by Crippen LogP contribution is 2.35. The van der Waals surface area contributed by atoms with Gasteiger partial charge in [0, 0.05) is 12.8 Å². The van der Waals surface area contributed by atoms with Gasteiger partial charge < -0.3 is 9.47 Å². The maximum absolute atomic E-state index is 13.9. The summed E-state index contributed by atoms with van der Waals surface area (Å²) in [7, 11) is -0.662. The molecule has 0 aliphatic heterocycles. The third-order valence-corrected chi connectivity index (χ3v) is 7.71. The van der Waals surface area contributed by atoms with E-state index < -0.39 is 14.7 Å². The molecule has 0 amide bonds. The molecule has 0 saturated heterocycles. The Balaban J connectivity index is 2.09. The number of hydrogen-bond donors (Lipinski definition) is 0. The SMILES string of the molecule is C=NC(Cc1ccc(OC)cc1)(Cc1ccc(OC)cc1)S(=O)(=O)c1ccc(C)cc1. The maximum atomic E-state index is 13.9. The first kappa shape index (κ1) is 22.6. The van der Waals surface area contributed by atoms with E-state index in [4.69, 9.17) is 9.47 Å². The molecule has 0 N–H and O–H groups in total. The highest BCUT2D eigenvalue weighted by atomic mass is 32.2. The number of aryl methyl sites for hydroxylation is 1. The van der Waals surface area contributed by atoms with E-state index in [2.05, 4.69) is 11.7 Å². The van der Waals surface area contributed by atoms with E-state index in [9.17, 15) is 8.42 Å². The predicted octanol–water partition coefficient (Wildman–Crippen LogP) is 4.67. The molecule has 3 rings (SSSR count). The smallest absolute Gasteiger partial charge is 0.204 e. The van der Waals surface area contributed by atoms with Gasteiger partial charge in [-0.05, 0) is 61.2 Å². The molecule has 0 heterocycles. The molecule has 6 heteroatoms. The van der Waals surface area contributed by atoms with Gasteiger partial charge in [-0.15, -0.1) is 0 Å². The third-order valence-electron chi connectivity index (χ3n) is 5.40. The van der Waals surface area contributed by atoms with Gasteiger partial charge in [-0.2, -0.15) is 0 Å². The Labute approximate surface area is 184 Å². The van der Waals surface area contributed by atoms with Gasteiger partial charge in [0.05, 0.1) is 19.1 Å². The summed E-state index contributed by atoms with van der Waals surface area (Å²) in [6.45, 7) is 5.64. The Morgan fingerprint density at radius 1 is 0.774 bits per heavy atom. The molecule has 0 radical (unpaired) electrons. The number of sulfone groups is 1. The Bertz CT molecular complexity index is 1070. The molecule has 3 aromatic carbocycles. The van der Waals surface area contributed by atoms with Crippen LogP contribution in [-0.4, -0.2) is 34.2 Å². The van der Waals surface area contributed by atoms with Gasteiger partial charge in [-0.1, -0.05) is 42.0 Å². The van der Waals surface area contributed by atoms with Crippen LogP contribution in [0.5, 0.6) is 11.5 Å². The van der Waals surface area contributed by atoms with E-state index in [1.54, 1.807) is 38.5 Å². The van der Waals surface area contributed by atoms with Crippen LogP contribution < -0.4 is 9.47 Å². The zero-order valence-corrected chi connectivity index (χ0v) is 18.9. The first-order chi connectivity index (χ1) is 14.8. The molecular weight excluding hydrogens is 410 g/mol. The van der Waals surface area contributed by atoms with E-state index in [-0.39, 0.29) is 17.7 Å². The van der Waals surface area contributed by atoms with Crippen LogP contribution in [0.25, 0.3) is 0 Å². The standard InChI is InChI=1S/C25H27NO4S/c1-19-5-15-24(16-6-19)31(27,28)25(26-2,17-20-7-11-22(29-3)12-8-20)18-21-9-13-23(30-4)14-10-21/h5-16H,2,17-18H2,1,3-4H3. The summed E-state index contributed by atoms with van der Waals surface area (Å²) in [6, 6.07) is 21.5. The molecule has 0 bridgehead atoms. The molecule has 0 unspecified atom stereocenters. The lowest BCUT2D eigenvalue weighted by Gasteiger charge is -2.30. The minimum absolute atomic E-state index is 0.183. The lowest BCUT2D eigenvalue weighted by Crippen LogP contribution is -2.41. The van der Waals surface area contributed by atoms with Crippen molar-refractivity contribution >= 4 is 16.6 Å². The van der Waals surface area contributed by atoms with Crippen LogP contribution in [0.2, 0.25) is 0 Å². The van der Waals surface area contributed by atoms with Gasteiger partial charge in [0.1, 0.15) is 11.5 Å². The van der Waals surface area contributed by atoms with E-state index in [0.717, 1.165) is 16.7 Å². The van der Waals surface area contributed by atoms with Gasteiger partial charge in [-0.25, -0.2) is 8.42 Å². The normalized spacial score (nSPS) is 11.7. The molecule has 5 nitrogen and oxygen atoms in total. The Hall–Kier alpha value is -3.12. The summed E-state index contributed by atoms with van der Waals surface area (Å²) in [4.78, 5) is 3.03. The number of methoxy groups -OCH3 is 2. The van der Waals surface area contributed by atoms with Crippen molar-refractivity contribution in [1.82, 2.24) is 0 Å². The summed E-state index contributed by atoms with van der Waals surface area (Å²) in [5.41, 5.74) is 2.65. The van der Waals surface area contributed by atoms with E-state index in [1.165, 1.54) is 0 Å². The van der Waals surface area contributed by atoms with E-state index in [1.807, 2.05) is 55.5 Å². The highest BCUT2D eigenvalue weighted by Gasteiger charge is 2.44. The lowest BCUT2D eigenvalue weighted by atomic mass is 9.98. The molecule has 3 aromatic rings. The molecule has 0 aromatic heterocycles. The van der Waals surface area contributed by atoms with Crippen LogP contribution in [0.15, 0.2) is 82.7 Å². The van der Waals surface area contributed by atoms with Crippen molar-refractivity contribution in [3.63, 3.8) is 0 Å². The van der Waals surface area contributed by atoms with Crippen LogP contribution in [0, 0.1) is 6.92 Å². The lowest BCUT2D eigenvalue weighted by molar-refractivity contribution is 0.414. The second-order valence-electron chi connectivity index (χ2n) is 7.47. The Kier molecular flexibility index (Phi) is 6.81. The molecule has 0 spiro atoms. The van der Waals surface area contributed by atoms with Gasteiger partial charge in [0.2, 0.25) is 9.84 Å². The Morgan fingerprint density at radius 2 is 1.19 bits per heavy atom. The fourth-order valence-electron chi connectivity index (χ4n) is 3.51. The maximum Gasteiger partial charge on any atom is 0.204 e. The third kappa shape index (κ3) is 4.80. The summed E-state index contributed by atoms with van der Waals surface area (Å²) >= 11 is 0. The van der Waals surface area contributed by atoms with E-state index in [0.29, 0.717) is 11.5 Å². The number of aliphatic imine (C=N–C) groups is 1. The van der Waals surface area contributed by atoms with Crippen LogP contribution in [0.1, 0.15) is 16.7 Å². The van der Waals surface area contributed by atoms with Crippen LogP contribution in [0.4, 0.5) is 0 Å². The molecule has 31 heavy (non-hydrogen) atoms. The largest absolute Gasteiger partial charge is 0.497 e. The molecule has 0 aliphatic rings. The highest BCUT2D eigenvalue weighted by molar-refractivity contribution is 7.92. The second kappa shape index (κ2) is 9.35.